The Morgan fingerprint density at radius 2 is 2.14 bits per heavy atom. The average molecular weight is 296 g/mol. The van der Waals surface area contributed by atoms with Crippen LogP contribution in [0.5, 0.6) is 0 Å². The number of carbonyl (C=O) groups is 1. The molecular weight excluding hydrogens is 272 g/mol. The van der Waals surface area contributed by atoms with Gasteiger partial charge < -0.3 is 25.2 Å². The minimum Gasteiger partial charge on any atom is -0.394 e. The van der Waals surface area contributed by atoms with Gasteiger partial charge in [0.25, 0.3) is 0 Å². The van der Waals surface area contributed by atoms with E-state index in [0.29, 0.717) is 18.7 Å². The van der Waals surface area contributed by atoms with Crippen molar-refractivity contribution in [2.45, 2.75) is 25.5 Å². The topological polar surface area (TPSA) is 79.8 Å². The highest BCUT2D eigenvalue weighted by Gasteiger charge is 2.12. The predicted octanol–water partition coefficient (Wildman–Crippen LogP) is 1.91. The summed E-state index contributed by atoms with van der Waals surface area (Å²) < 4.78 is 10.2. The van der Waals surface area contributed by atoms with E-state index in [9.17, 15) is 9.90 Å². The third-order valence-electron chi connectivity index (χ3n) is 3.19. The molecule has 2 amide bonds. The molecule has 0 aliphatic heterocycles. The number of rotatable bonds is 8. The molecule has 3 N–H and O–H groups in total. The second-order valence-corrected chi connectivity index (χ2v) is 4.76. The smallest absolute Gasteiger partial charge is 0.319 e. The summed E-state index contributed by atoms with van der Waals surface area (Å²) in [7, 11) is 3.22. The minimum atomic E-state index is -0.354. The molecule has 0 heterocycles. The zero-order valence-electron chi connectivity index (χ0n) is 12.8. The highest BCUT2D eigenvalue weighted by molar-refractivity contribution is 5.89. The van der Waals surface area contributed by atoms with E-state index < -0.39 is 0 Å². The molecule has 6 heteroatoms. The molecule has 0 aliphatic rings. The molecule has 6 nitrogen and oxygen atoms in total. The number of carbonyl (C=O) groups excluding carboxylic acids is 1. The van der Waals surface area contributed by atoms with Gasteiger partial charge in [0.2, 0.25) is 0 Å². The molecule has 0 unspecified atom stereocenters. The van der Waals surface area contributed by atoms with Gasteiger partial charge in [0.15, 0.2) is 0 Å². The molecule has 2 atom stereocenters. The number of hydrogen-bond donors (Lipinski definition) is 3. The van der Waals surface area contributed by atoms with Gasteiger partial charge in [-0.1, -0.05) is 12.1 Å². The number of aliphatic hydroxyl groups is 1. The van der Waals surface area contributed by atoms with E-state index in [2.05, 4.69) is 10.6 Å². The van der Waals surface area contributed by atoms with Crippen LogP contribution in [0.1, 0.15) is 25.0 Å². The second kappa shape index (κ2) is 9.33. The summed E-state index contributed by atoms with van der Waals surface area (Å²) in [6.45, 7) is 2.29. The average Bonchev–Trinajstić information content (AvgIpc) is 2.50. The summed E-state index contributed by atoms with van der Waals surface area (Å²) in [4.78, 5) is 11.9. The second-order valence-electron chi connectivity index (χ2n) is 4.76. The maximum Gasteiger partial charge on any atom is 0.319 e. The number of hydrogen-bond acceptors (Lipinski definition) is 4. The van der Waals surface area contributed by atoms with Crippen LogP contribution in [0.3, 0.4) is 0 Å². The van der Waals surface area contributed by atoms with Crippen LogP contribution in [0.4, 0.5) is 10.5 Å². The van der Waals surface area contributed by atoms with Gasteiger partial charge in [-0.3, -0.25) is 0 Å². The molecule has 0 radical (unpaired) electrons. The first kappa shape index (κ1) is 17.4. The molecular formula is C15H24N2O4. The van der Waals surface area contributed by atoms with Crippen molar-refractivity contribution in [3.8, 4) is 0 Å². The Morgan fingerprint density at radius 1 is 1.38 bits per heavy atom. The number of amides is 2. The lowest BCUT2D eigenvalue weighted by atomic mass is 10.1. The highest BCUT2D eigenvalue weighted by Crippen LogP contribution is 2.19. The third-order valence-corrected chi connectivity index (χ3v) is 3.19. The van der Waals surface area contributed by atoms with Crippen LogP contribution >= 0.6 is 0 Å². The van der Waals surface area contributed by atoms with E-state index in [1.54, 1.807) is 20.3 Å². The standard InChI is InChI=1S/C15H24N2O4/c1-11(21-3)12-5-4-6-13(9-12)16-15(19)17-14(10-18)7-8-20-2/h4-6,9,11,14,18H,7-8,10H2,1-3H3,(H2,16,17,19)/t11-,14+/m0/s1. The molecule has 0 saturated heterocycles. The Balaban J connectivity index is 2.57. The molecule has 0 fully saturated rings. The molecule has 0 aliphatic carbocycles. The SMILES string of the molecule is COCC[C@H](CO)NC(=O)Nc1cccc([C@H](C)OC)c1. The van der Waals surface area contributed by atoms with Crippen molar-refractivity contribution in [3.05, 3.63) is 29.8 Å². The van der Waals surface area contributed by atoms with E-state index in [-0.39, 0.29) is 24.8 Å². The number of urea groups is 1. The quantitative estimate of drug-likeness (QED) is 0.684. The zero-order valence-corrected chi connectivity index (χ0v) is 12.8. The molecule has 1 aromatic rings. The van der Waals surface area contributed by atoms with Crippen LogP contribution in [0.15, 0.2) is 24.3 Å². The number of anilines is 1. The van der Waals surface area contributed by atoms with Gasteiger partial charge in [-0.2, -0.15) is 0 Å². The third kappa shape index (κ3) is 6.12. The zero-order chi connectivity index (χ0) is 15.7. The lowest BCUT2D eigenvalue weighted by Crippen LogP contribution is -2.40. The van der Waals surface area contributed by atoms with Crippen LogP contribution in [-0.4, -0.2) is 44.6 Å². The Morgan fingerprint density at radius 3 is 2.76 bits per heavy atom. The highest BCUT2D eigenvalue weighted by atomic mass is 16.5. The van der Waals surface area contributed by atoms with Gasteiger partial charge in [0.1, 0.15) is 0 Å². The molecule has 0 bridgehead atoms. The van der Waals surface area contributed by atoms with Gasteiger partial charge in [0.05, 0.1) is 18.8 Å². The maximum atomic E-state index is 11.9. The Hall–Kier alpha value is -1.63. The lowest BCUT2D eigenvalue weighted by molar-refractivity contribution is 0.119. The van der Waals surface area contributed by atoms with Crippen molar-refractivity contribution in [2.75, 3.05) is 32.8 Å². The van der Waals surface area contributed by atoms with Crippen LogP contribution in [0, 0.1) is 0 Å². The van der Waals surface area contributed by atoms with Crippen LogP contribution in [0.25, 0.3) is 0 Å². The summed E-state index contributed by atoms with van der Waals surface area (Å²) in [5, 5.41) is 14.6. The van der Waals surface area contributed by atoms with E-state index in [0.717, 1.165) is 5.56 Å². The summed E-state index contributed by atoms with van der Waals surface area (Å²) in [6.07, 6.45) is 0.517. The van der Waals surface area contributed by atoms with Crippen molar-refractivity contribution < 1.29 is 19.4 Å². The fourth-order valence-electron chi connectivity index (χ4n) is 1.83. The molecule has 21 heavy (non-hydrogen) atoms. The van der Waals surface area contributed by atoms with Gasteiger partial charge in [-0.25, -0.2) is 4.79 Å². The molecule has 1 rings (SSSR count). The predicted molar refractivity (Wildman–Crippen MR) is 81.4 cm³/mol. The first-order chi connectivity index (χ1) is 10.1. The van der Waals surface area contributed by atoms with Crippen molar-refractivity contribution in [1.29, 1.82) is 0 Å². The first-order valence-corrected chi connectivity index (χ1v) is 6.90. The first-order valence-electron chi connectivity index (χ1n) is 6.90. The van der Waals surface area contributed by atoms with Crippen molar-refractivity contribution >= 4 is 11.7 Å². The van der Waals surface area contributed by atoms with Crippen LogP contribution in [0.2, 0.25) is 0 Å². The van der Waals surface area contributed by atoms with Gasteiger partial charge in [-0.15, -0.1) is 0 Å². The van der Waals surface area contributed by atoms with Crippen molar-refractivity contribution in [1.82, 2.24) is 5.32 Å². The number of methoxy groups -OCH3 is 2. The Labute approximate surface area is 125 Å². The molecule has 0 spiro atoms. The Bertz CT molecular complexity index is 439. The van der Waals surface area contributed by atoms with Crippen molar-refractivity contribution in [3.63, 3.8) is 0 Å². The maximum absolute atomic E-state index is 11.9. The molecule has 0 saturated carbocycles. The number of nitrogens with one attached hydrogen (secondary N) is 2. The van der Waals surface area contributed by atoms with Gasteiger partial charge in [0, 0.05) is 26.5 Å². The van der Waals surface area contributed by atoms with Gasteiger partial charge >= 0.3 is 6.03 Å². The fraction of sp³-hybridized carbons (Fsp3) is 0.533. The van der Waals surface area contributed by atoms with E-state index in [4.69, 9.17) is 9.47 Å². The fourth-order valence-corrected chi connectivity index (χ4v) is 1.83. The number of aliphatic hydroxyl groups excluding tert-OH is 1. The summed E-state index contributed by atoms with van der Waals surface area (Å²) >= 11 is 0. The van der Waals surface area contributed by atoms with E-state index in [1.165, 1.54) is 0 Å². The largest absolute Gasteiger partial charge is 0.394 e. The molecule has 0 aromatic heterocycles. The summed E-state index contributed by atoms with van der Waals surface area (Å²) in [5.74, 6) is 0. The summed E-state index contributed by atoms with van der Waals surface area (Å²) in [5.41, 5.74) is 1.66. The molecule has 1 aromatic carbocycles. The van der Waals surface area contributed by atoms with Gasteiger partial charge in [-0.05, 0) is 31.0 Å². The number of benzene rings is 1. The van der Waals surface area contributed by atoms with Crippen LogP contribution in [-0.2, 0) is 9.47 Å². The minimum absolute atomic E-state index is 0.0401. The monoisotopic (exact) mass is 296 g/mol. The molecule has 118 valence electrons. The van der Waals surface area contributed by atoms with E-state index >= 15 is 0 Å². The summed E-state index contributed by atoms with van der Waals surface area (Å²) in [6, 6.07) is 6.77. The lowest BCUT2D eigenvalue weighted by Gasteiger charge is -2.17. The van der Waals surface area contributed by atoms with E-state index in [1.807, 2.05) is 25.1 Å². The number of ether oxygens (including phenoxy) is 2. The van der Waals surface area contributed by atoms with Crippen molar-refractivity contribution in [2.24, 2.45) is 0 Å². The normalized spacial score (nSPS) is 13.5. The van der Waals surface area contributed by atoms with Crippen LogP contribution < -0.4 is 10.6 Å². The Kier molecular flexibility index (Phi) is 7.74.